The topological polar surface area (TPSA) is 68.5 Å². The van der Waals surface area contributed by atoms with Crippen molar-refractivity contribution in [3.8, 4) is 5.75 Å². The summed E-state index contributed by atoms with van der Waals surface area (Å²) in [6, 6.07) is 15.0. The van der Waals surface area contributed by atoms with E-state index in [0.717, 1.165) is 33.1 Å². The van der Waals surface area contributed by atoms with Crippen molar-refractivity contribution >= 4 is 38.7 Å². The number of likely N-dealkylation sites (tertiary alicyclic amines) is 1. The molecule has 5 aromatic rings. The number of hydrogen-bond acceptors (Lipinski definition) is 5. The number of furan rings is 1. The van der Waals surface area contributed by atoms with Gasteiger partial charge in [0.1, 0.15) is 6.04 Å². The third kappa shape index (κ3) is 2.81. The van der Waals surface area contributed by atoms with E-state index < -0.39 is 6.61 Å². The quantitative estimate of drug-likeness (QED) is 0.354. The van der Waals surface area contributed by atoms with Gasteiger partial charge in [-0.1, -0.05) is 24.3 Å². The number of amides is 1. The third-order valence-corrected chi connectivity index (χ3v) is 6.80. The average molecular weight is 457 g/mol. The van der Waals surface area contributed by atoms with Gasteiger partial charge < -0.3 is 14.1 Å². The minimum Gasteiger partial charge on any atom is -0.451 e. The summed E-state index contributed by atoms with van der Waals surface area (Å²) < 4.78 is 36.6. The molecule has 1 amide bonds. The Morgan fingerprint density at radius 3 is 2.88 bits per heavy atom. The molecule has 4 heterocycles. The number of carbonyl (C=O) groups is 1. The van der Waals surface area contributed by atoms with Crippen LogP contribution in [-0.2, 0) is 4.79 Å². The Morgan fingerprint density at radius 2 is 2.00 bits per heavy atom. The van der Waals surface area contributed by atoms with Gasteiger partial charge in [-0.15, -0.1) is 0 Å². The van der Waals surface area contributed by atoms with Crippen LogP contribution < -0.4 is 4.74 Å². The molecule has 0 bridgehead atoms. The molecule has 0 spiro atoms. The Labute approximate surface area is 191 Å². The van der Waals surface area contributed by atoms with Crippen molar-refractivity contribution in [3.05, 3.63) is 77.7 Å². The van der Waals surface area contributed by atoms with Crippen molar-refractivity contribution in [1.29, 1.82) is 0 Å². The van der Waals surface area contributed by atoms with Crippen LogP contribution >= 0.6 is 0 Å². The molecule has 2 unspecified atom stereocenters. The molecule has 8 heteroatoms. The molecule has 168 valence electrons. The fourth-order valence-electron chi connectivity index (χ4n) is 5.27. The molecule has 3 aromatic heterocycles. The van der Waals surface area contributed by atoms with E-state index >= 15 is 0 Å². The number of halogens is 2. The lowest BCUT2D eigenvalue weighted by Crippen LogP contribution is -2.23. The molecule has 0 N–H and O–H groups in total. The van der Waals surface area contributed by atoms with Gasteiger partial charge in [-0.3, -0.25) is 9.78 Å². The highest BCUT2D eigenvalue weighted by Gasteiger charge is 2.46. The number of fused-ring (bicyclic) bond motifs is 5. The van der Waals surface area contributed by atoms with E-state index in [4.69, 9.17) is 14.1 Å². The van der Waals surface area contributed by atoms with Gasteiger partial charge in [-0.05, 0) is 29.8 Å². The van der Waals surface area contributed by atoms with Gasteiger partial charge >= 0.3 is 6.61 Å². The number of pyridine rings is 2. The van der Waals surface area contributed by atoms with Crippen molar-refractivity contribution in [1.82, 2.24) is 14.9 Å². The van der Waals surface area contributed by atoms with E-state index in [0.29, 0.717) is 23.9 Å². The summed E-state index contributed by atoms with van der Waals surface area (Å²) in [5.41, 5.74) is 4.55. The molecule has 34 heavy (non-hydrogen) atoms. The van der Waals surface area contributed by atoms with E-state index in [1.807, 2.05) is 29.2 Å². The van der Waals surface area contributed by atoms with Gasteiger partial charge in [-0.25, -0.2) is 4.98 Å². The number of rotatable bonds is 4. The third-order valence-electron chi connectivity index (χ3n) is 6.80. The Morgan fingerprint density at radius 1 is 1.12 bits per heavy atom. The molecule has 2 aromatic carbocycles. The molecule has 1 saturated heterocycles. The zero-order chi connectivity index (χ0) is 23.0. The van der Waals surface area contributed by atoms with Crippen LogP contribution in [0.25, 0.3) is 32.8 Å². The van der Waals surface area contributed by atoms with Gasteiger partial charge in [0.2, 0.25) is 5.91 Å². The number of benzene rings is 2. The van der Waals surface area contributed by atoms with Crippen LogP contribution in [0.15, 0.2) is 65.3 Å². The first-order chi connectivity index (χ1) is 16.6. The van der Waals surface area contributed by atoms with Crippen LogP contribution in [-0.4, -0.2) is 33.9 Å². The van der Waals surface area contributed by atoms with Crippen molar-refractivity contribution in [2.45, 2.75) is 25.0 Å². The first-order valence-electron chi connectivity index (χ1n) is 11.0. The van der Waals surface area contributed by atoms with Gasteiger partial charge in [0, 0.05) is 46.8 Å². The van der Waals surface area contributed by atoms with Crippen LogP contribution in [0.4, 0.5) is 8.78 Å². The van der Waals surface area contributed by atoms with E-state index in [1.165, 1.54) is 6.07 Å². The van der Waals surface area contributed by atoms with Crippen LogP contribution in [0.2, 0.25) is 0 Å². The molecule has 1 fully saturated rings. The minimum atomic E-state index is -2.97. The number of hydrogen-bond donors (Lipinski definition) is 0. The second kappa shape index (κ2) is 6.96. The zero-order valence-corrected chi connectivity index (χ0v) is 17.7. The predicted molar refractivity (Wildman–Crippen MR) is 121 cm³/mol. The molecule has 2 aliphatic rings. The zero-order valence-electron chi connectivity index (χ0n) is 17.7. The smallest absolute Gasteiger partial charge is 0.387 e. The maximum atomic E-state index is 13.1. The molecule has 2 atom stereocenters. The second-order valence-corrected chi connectivity index (χ2v) is 8.71. The Kier molecular flexibility index (Phi) is 3.97. The number of nitrogens with zero attached hydrogens (tertiary/aromatic N) is 3. The summed E-state index contributed by atoms with van der Waals surface area (Å²) in [5.74, 6) is -0.0972. The van der Waals surface area contributed by atoms with E-state index in [-0.39, 0.29) is 29.2 Å². The maximum absolute atomic E-state index is 13.1. The summed E-state index contributed by atoms with van der Waals surface area (Å²) in [6.07, 6.45) is 3.51. The van der Waals surface area contributed by atoms with Gasteiger partial charge in [0.15, 0.2) is 16.9 Å². The number of ether oxygens (including phenoxy) is 1. The van der Waals surface area contributed by atoms with Crippen LogP contribution in [0.5, 0.6) is 5.75 Å². The second-order valence-electron chi connectivity index (χ2n) is 8.71. The first-order valence-corrected chi connectivity index (χ1v) is 11.0. The monoisotopic (exact) mass is 457 g/mol. The fraction of sp³-hybridized carbons (Fsp3) is 0.192. The van der Waals surface area contributed by atoms with Crippen LogP contribution in [0.3, 0.4) is 0 Å². The van der Waals surface area contributed by atoms with Crippen molar-refractivity contribution < 1.29 is 22.7 Å². The molecule has 1 aliphatic carbocycles. The van der Waals surface area contributed by atoms with Gasteiger partial charge in [0.05, 0.1) is 17.4 Å². The molecule has 1 aliphatic heterocycles. The molecule has 6 nitrogen and oxygen atoms in total. The number of carbonyl (C=O) groups excluding carboxylic acids is 1. The van der Waals surface area contributed by atoms with E-state index in [2.05, 4.69) is 11.1 Å². The predicted octanol–water partition coefficient (Wildman–Crippen LogP) is 5.55. The lowest BCUT2D eigenvalue weighted by molar-refractivity contribution is -0.128. The molecule has 7 rings (SSSR count). The summed E-state index contributed by atoms with van der Waals surface area (Å²) in [4.78, 5) is 23.8. The Hall–Kier alpha value is -4.07. The maximum Gasteiger partial charge on any atom is 0.387 e. The molecule has 0 saturated carbocycles. The Bertz CT molecular complexity index is 1590. The van der Waals surface area contributed by atoms with Gasteiger partial charge in [0.25, 0.3) is 0 Å². The SMILES string of the molecule is O=C1CC(c2ccc(OC(F)F)c3oc4cnccc4c23)CN1C1c2cc3ccccc3nc21. The highest BCUT2D eigenvalue weighted by Crippen LogP contribution is 2.50. The molecular formula is C26H17F2N3O3. The van der Waals surface area contributed by atoms with Crippen molar-refractivity contribution in [3.63, 3.8) is 0 Å². The largest absolute Gasteiger partial charge is 0.451 e. The number of aromatic nitrogens is 2. The average Bonchev–Trinajstić information content (AvgIpc) is 3.17. The lowest BCUT2D eigenvalue weighted by atomic mass is 9.93. The normalized spacial score (nSPS) is 19.5. The van der Waals surface area contributed by atoms with Crippen LogP contribution in [0, 0.1) is 0 Å². The highest BCUT2D eigenvalue weighted by atomic mass is 19.3. The number of alkyl halides is 2. The fourth-order valence-corrected chi connectivity index (χ4v) is 5.27. The molecular weight excluding hydrogens is 440 g/mol. The Balaban J connectivity index is 1.28. The summed E-state index contributed by atoms with van der Waals surface area (Å²) in [5, 5.41) is 2.50. The first kappa shape index (κ1) is 19.4. The number of para-hydroxylation sites is 1. The highest BCUT2D eigenvalue weighted by molar-refractivity contribution is 6.09. The minimum absolute atomic E-state index is 0.0309. The van der Waals surface area contributed by atoms with Crippen molar-refractivity contribution in [2.75, 3.05) is 6.54 Å². The standard InChI is InChI=1S/C26H17F2N3O3/c27-26(28)34-19-6-5-15(22-16-7-8-29-11-20(16)33-25(19)22)14-10-21(32)31(12-14)24-17-9-13-3-1-2-4-18(13)30-23(17)24/h1-9,11,14,24,26H,10,12H2. The molecule has 0 radical (unpaired) electrons. The van der Waals surface area contributed by atoms with E-state index in [9.17, 15) is 13.6 Å². The van der Waals surface area contributed by atoms with Crippen LogP contribution in [0.1, 0.15) is 35.2 Å². The van der Waals surface area contributed by atoms with E-state index in [1.54, 1.807) is 24.5 Å². The summed E-state index contributed by atoms with van der Waals surface area (Å²) in [7, 11) is 0. The summed E-state index contributed by atoms with van der Waals surface area (Å²) >= 11 is 0. The van der Waals surface area contributed by atoms with Gasteiger partial charge in [-0.2, -0.15) is 8.78 Å². The summed E-state index contributed by atoms with van der Waals surface area (Å²) in [6.45, 7) is -2.46. The lowest BCUT2D eigenvalue weighted by Gasteiger charge is -2.17. The van der Waals surface area contributed by atoms with Crippen molar-refractivity contribution in [2.24, 2.45) is 0 Å².